The van der Waals surface area contributed by atoms with Crippen LogP contribution in [0, 0.1) is 19.8 Å². The zero-order valence-corrected chi connectivity index (χ0v) is 19.1. The number of benzene rings is 1. The maximum Gasteiger partial charge on any atom is 0.415 e. The van der Waals surface area contributed by atoms with E-state index >= 15 is 0 Å². The summed E-state index contributed by atoms with van der Waals surface area (Å²) < 4.78 is 5.90. The largest absolute Gasteiger partial charge is 0.441 e. The first kappa shape index (κ1) is 21.4. The van der Waals surface area contributed by atoms with Gasteiger partial charge in [-0.2, -0.15) is 0 Å². The lowest BCUT2D eigenvalue weighted by Gasteiger charge is -2.35. The summed E-state index contributed by atoms with van der Waals surface area (Å²) in [5.74, 6) is 1.31. The van der Waals surface area contributed by atoms with Crippen LogP contribution in [-0.4, -0.2) is 40.0 Å². The van der Waals surface area contributed by atoms with Gasteiger partial charge in [-0.3, -0.25) is 9.88 Å². The summed E-state index contributed by atoms with van der Waals surface area (Å²) in [6.07, 6.45) is 5.27. The Balaban J connectivity index is 1.15. The molecule has 1 saturated heterocycles. The number of hydrogen-bond acceptors (Lipinski definition) is 6. The molecule has 0 radical (unpaired) electrons. The van der Waals surface area contributed by atoms with Crippen molar-refractivity contribution in [2.45, 2.75) is 45.1 Å². The second kappa shape index (κ2) is 8.81. The Kier molecular flexibility index (Phi) is 5.70. The van der Waals surface area contributed by atoms with Crippen LogP contribution in [0.4, 0.5) is 16.3 Å². The van der Waals surface area contributed by atoms with E-state index in [1.54, 1.807) is 11.1 Å². The Morgan fingerprint density at radius 1 is 1.09 bits per heavy atom. The van der Waals surface area contributed by atoms with Crippen LogP contribution in [0.3, 0.4) is 0 Å². The highest BCUT2D eigenvalue weighted by Gasteiger charge is 2.47. The molecular weight excluding hydrogens is 414 g/mol. The van der Waals surface area contributed by atoms with Gasteiger partial charge >= 0.3 is 6.09 Å². The fourth-order valence-electron chi connectivity index (χ4n) is 4.87. The van der Waals surface area contributed by atoms with Gasteiger partial charge in [0.1, 0.15) is 11.4 Å². The van der Waals surface area contributed by atoms with E-state index < -0.39 is 0 Å². The van der Waals surface area contributed by atoms with E-state index in [-0.39, 0.29) is 11.7 Å². The van der Waals surface area contributed by atoms with E-state index in [4.69, 9.17) is 4.74 Å². The maximum atomic E-state index is 12.6. The minimum atomic E-state index is -0.375. The quantitative estimate of drug-likeness (QED) is 0.587. The van der Waals surface area contributed by atoms with E-state index in [1.165, 1.54) is 5.56 Å². The molecule has 0 atom stereocenters. The molecule has 2 aromatic heterocycles. The van der Waals surface area contributed by atoms with Crippen molar-refractivity contribution in [2.24, 2.45) is 5.92 Å². The Morgan fingerprint density at radius 2 is 1.91 bits per heavy atom. The first-order valence-electron chi connectivity index (χ1n) is 11.6. The topological polar surface area (TPSA) is 80.2 Å². The van der Waals surface area contributed by atoms with E-state index in [2.05, 4.69) is 39.6 Å². The molecule has 0 unspecified atom stereocenters. The highest BCUT2D eigenvalue weighted by molar-refractivity contribution is 5.90. The average molecular weight is 444 g/mol. The fourth-order valence-corrected chi connectivity index (χ4v) is 4.87. The number of carbonyl (C=O) groups excluding carboxylic acids is 1. The van der Waals surface area contributed by atoms with Gasteiger partial charge in [-0.05, 0) is 75.3 Å². The highest BCUT2D eigenvalue weighted by atomic mass is 16.6. The van der Waals surface area contributed by atoms with Crippen molar-refractivity contribution in [3.05, 3.63) is 66.0 Å². The first-order valence-corrected chi connectivity index (χ1v) is 11.6. The number of carbonyl (C=O) groups is 1. The number of aromatic nitrogens is 3. The Labute approximate surface area is 194 Å². The summed E-state index contributed by atoms with van der Waals surface area (Å²) >= 11 is 0. The van der Waals surface area contributed by atoms with Crippen LogP contribution in [0.2, 0.25) is 0 Å². The summed E-state index contributed by atoms with van der Waals surface area (Å²) in [5.41, 5.74) is 4.56. The first-order chi connectivity index (χ1) is 16.0. The van der Waals surface area contributed by atoms with E-state index in [1.807, 2.05) is 43.3 Å². The van der Waals surface area contributed by atoms with Gasteiger partial charge in [-0.25, -0.2) is 4.79 Å². The molecule has 2 fully saturated rings. The maximum absolute atomic E-state index is 12.6. The van der Waals surface area contributed by atoms with Crippen molar-refractivity contribution in [1.82, 2.24) is 15.2 Å². The second-order valence-corrected chi connectivity index (χ2v) is 9.24. The normalized spacial score (nSPS) is 22.4. The molecule has 3 aromatic rings. The third kappa shape index (κ3) is 4.53. The number of rotatable bonds is 5. The smallest absolute Gasteiger partial charge is 0.415 e. The van der Waals surface area contributed by atoms with Gasteiger partial charge in [0.15, 0.2) is 0 Å². The molecule has 7 nitrogen and oxygen atoms in total. The molecule has 0 bridgehead atoms. The van der Waals surface area contributed by atoms with Crippen LogP contribution < -0.4 is 10.2 Å². The molecule has 1 N–H and O–H groups in total. The van der Waals surface area contributed by atoms with Crippen molar-refractivity contribution in [3.63, 3.8) is 0 Å². The molecule has 1 spiro atoms. The molecule has 1 saturated carbocycles. The Bertz CT molecular complexity index is 1140. The number of nitrogens with zero attached hydrogens (tertiary/aromatic N) is 4. The summed E-state index contributed by atoms with van der Waals surface area (Å²) in [5, 5.41) is 12.2. The molecule has 3 heterocycles. The predicted octanol–water partition coefficient (Wildman–Crippen LogP) is 5.15. The SMILES string of the molecule is Cc1cc(N2CC3(CCC(CNc4ccc(-c5ccccc5C)nn4)CC3)OC2=O)ccn1. The second-order valence-electron chi connectivity index (χ2n) is 9.24. The molecule has 170 valence electrons. The number of ether oxygens (including phenoxy) is 1. The van der Waals surface area contributed by atoms with Crippen LogP contribution in [0.25, 0.3) is 11.3 Å². The van der Waals surface area contributed by atoms with Crippen molar-refractivity contribution in [2.75, 3.05) is 23.3 Å². The van der Waals surface area contributed by atoms with Gasteiger partial charge in [0.2, 0.25) is 0 Å². The zero-order valence-electron chi connectivity index (χ0n) is 19.1. The van der Waals surface area contributed by atoms with Crippen molar-refractivity contribution in [1.29, 1.82) is 0 Å². The van der Waals surface area contributed by atoms with E-state index in [0.29, 0.717) is 12.5 Å². The van der Waals surface area contributed by atoms with Crippen LogP contribution >= 0.6 is 0 Å². The van der Waals surface area contributed by atoms with Crippen LogP contribution in [0.1, 0.15) is 36.9 Å². The number of anilines is 2. The van der Waals surface area contributed by atoms with Crippen molar-refractivity contribution < 1.29 is 9.53 Å². The van der Waals surface area contributed by atoms with Crippen molar-refractivity contribution >= 4 is 17.6 Å². The third-order valence-electron chi connectivity index (χ3n) is 6.84. The minimum absolute atomic E-state index is 0.249. The number of pyridine rings is 1. The molecule has 33 heavy (non-hydrogen) atoms. The van der Waals surface area contributed by atoms with Gasteiger partial charge < -0.3 is 10.1 Å². The predicted molar refractivity (Wildman–Crippen MR) is 128 cm³/mol. The molecule has 1 aromatic carbocycles. The monoisotopic (exact) mass is 443 g/mol. The Morgan fingerprint density at radius 3 is 2.64 bits per heavy atom. The van der Waals surface area contributed by atoms with Crippen LogP contribution in [0.15, 0.2) is 54.7 Å². The lowest BCUT2D eigenvalue weighted by atomic mass is 9.78. The van der Waals surface area contributed by atoms with Gasteiger partial charge in [-0.15, -0.1) is 10.2 Å². The van der Waals surface area contributed by atoms with Crippen LogP contribution in [0.5, 0.6) is 0 Å². The lowest BCUT2D eigenvalue weighted by Crippen LogP contribution is -2.39. The number of amides is 1. The summed E-state index contributed by atoms with van der Waals surface area (Å²) in [6.45, 7) is 5.47. The fraction of sp³-hybridized carbons (Fsp3) is 0.385. The minimum Gasteiger partial charge on any atom is -0.441 e. The molecule has 1 aliphatic carbocycles. The number of nitrogens with one attached hydrogen (secondary N) is 1. The summed E-state index contributed by atoms with van der Waals surface area (Å²) in [7, 11) is 0. The average Bonchev–Trinajstić information content (AvgIpc) is 3.15. The molecule has 1 amide bonds. The molecular formula is C26H29N5O2. The van der Waals surface area contributed by atoms with Crippen LogP contribution in [-0.2, 0) is 4.74 Å². The van der Waals surface area contributed by atoms with Gasteiger partial charge in [0.25, 0.3) is 0 Å². The molecule has 2 aliphatic rings. The molecule has 7 heteroatoms. The number of hydrogen-bond donors (Lipinski definition) is 1. The number of aryl methyl sites for hydroxylation is 2. The third-order valence-corrected chi connectivity index (χ3v) is 6.84. The summed E-state index contributed by atoms with van der Waals surface area (Å²) in [4.78, 5) is 18.5. The van der Waals surface area contributed by atoms with E-state index in [0.717, 1.165) is 60.7 Å². The van der Waals surface area contributed by atoms with Gasteiger partial charge in [0, 0.05) is 24.0 Å². The summed E-state index contributed by atoms with van der Waals surface area (Å²) in [6, 6.07) is 16.0. The lowest BCUT2D eigenvalue weighted by molar-refractivity contribution is 0.0148. The Hall–Kier alpha value is -3.48. The van der Waals surface area contributed by atoms with Gasteiger partial charge in [0.05, 0.1) is 17.9 Å². The molecule has 1 aliphatic heterocycles. The standard InChI is InChI=1S/C26H29N5O2/c1-18-5-3-4-6-22(18)23-7-8-24(30-29-23)28-16-20-9-12-26(13-10-20)17-31(25(32)33-26)21-11-14-27-19(2)15-21/h3-8,11,14-15,20H,9-10,12-13,16-17H2,1-2H3,(H,28,30). The van der Waals surface area contributed by atoms with E-state index in [9.17, 15) is 4.79 Å². The zero-order chi connectivity index (χ0) is 22.8. The highest BCUT2D eigenvalue weighted by Crippen LogP contribution is 2.40. The molecule has 5 rings (SSSR count). The van der Waals surface area contributed by atoms with Crippen molar-refractivity contribution in [3.8, 4) is 11.3 Å². The van der Waals surface area contributed by atoms with Gasteiger partial charge in [-0.1, -0.05) is 24.3 Å².